The van der Waals surface area contributed by atoms with Gasteiger partial charge in [0.15, 0.2) is 11.4 Å². The van der Waals surface area contributed by atoms with Crippen LogP contribution in [-0.4, -0.2) is 37.8 Å². The first kappa shape index (κ1) is 30.4. The van der Waals surface area contributed by atoms with Gasteiger partial charge in [0.2, 0.25) is 0 Å². The molecule has 1 aliphatic rings. The smallest absolute Gasteiger partial charge is 0.323 e. The fourth-order valence-electron chi connectivity index (χ4n) is 4.84. The van der Waals surface area contributed by atoms with Crippen molar-refractivity contribution in [2.75, 3.05) is 16.4 Å². The predicted octanol–water partition coefficient (Wildman–Crippen LogP) is 7.08. The molecular weight excluding hydrogens is 590 g/mol. The summed E-state index contributed by atoms with van der Waals surface area (Å²) in [4.78, 5) is 12.7. The first-order chi connectivity index (χ1) is 22.0. The molecule has 5 aromatic rings. The van der Waals surface area contributed by atoms with Crippen LogP contribution in [0.25, 0.3) is 0 Å². The van der Waals surface area contributed by atoms with E-state index in [1.165, 1.54) is 0 Å². The van der Waals surface area contributed by atoms with Gasteiger partial charge in [0.25, 0.3) is 0 Å². The van der Waals surface area contributed by atoms with Gasteiger partial charge >= 0.3 is 6.03 Å². The number of aryl methyl sites for hydroxylation is 1. The van der Waals surface area contributed by atoms with E-state index in [1.807, 2.05) is 90.5 Å². The van der Waals surface area contributed by atoms with Gasteiger partial charge in [-0.1, -0.05) is 66.4 Å². The van der Waals surface area contributed by atoms with Crippen molar-refractivity contribution in [3.8, 4) is 11.5 Å². The van der Waals surface area contributed by atoms with E-state index in [0.717, 1.165) is 27.6 Å². The maximum Gasteiger partial charge on any atom is 0.323 e. The van der Waals surface area contributed by atoms with Crippen LogP contribution in [0.2, 0.25) is 0 Å². The van der Waals surface area contributed by atoms with E-state index in [-0.39, 0.29) is 24.8 Å². The number of ether oxygens (including phenoxy) is 3. The lowest BCUT2D eigenvalue weighted by Gasteiger charge is -2.36. The predicted molar refractivity (Wildman–Crippen MR) is 172 cm³/mol. The maximum absolute atomic E-state index is 12.7. The molecule has 3 atom stereocenters. The van der Waals surface area contributed by atoms with Gasteiger partial charge < -0.3 is 34.5 Å². The van der Waals surface area contributed by atoms with Crippen molar-refractivity contribution in [3.63, 3.8) is 0 Å². The molecule has 0 radical (unpaired) electrons. The van der Waals surface area contributed by atoms with E-state index in [2.05, 4.69) is 20.8 Å². The number of hydrogen-bond acceptors (Lipinski definition) is 8. The zero-order valence-corrected chi connectivity index (χ0v) is 25.4. The molecule has 45 heavy (non-hydrogen) atoms. The summed E-state index contributed by atoms with van der Waals surface area (Å²) in [5, 5.41) is 24.1. The van der Waals surface area contributed by atoms with Gasteiger partial charge in [-0.15, -0.1) is 10.2 Å². The van der Waals surface area contributed by atoms with Crippen molar-refractivity contribution >= 4 is 29.2 Å². The normalized spacial score (nSPS) is 17.9. The van der Waals surface area contributed by atoms with Gasteiger partial charge in [-0.3, -0.25) is 0 Å². The van der Waals surface area contributed by atoms with Crippen LogP contribution in [0.1, 0.15) is 35.5 Å². The Kier molecular flexibility index (Phi) is 9.71. The van der Waals surface area contributed by atoms with Crippen molar-refractivity contribution < 1.29 is 24.1 Å². The highest BCUT2D eigenvalue weighted by Gasteiger charge is 2.32. The quantitative estimate of drug-likeness (QED) is 0.141. The lowest BCUT2D eigenvalue weighted by molar-refractivity contribution is -0.245. The van der Waals surface area contributed by atoms with Crippen LogP contribution in [0.15, 0.2) is 115 Å². The fourth-order valence-corrected chi connectivity index (χ4v) is 5.75. The Balaban J connectivity index is 1.08. The zero-order chi connectivity index (χ0) is 31.0. The Labute approximate surface area is 265 Å². The van der Waals surface area contributed by atoms with Gasteiger partial charge in [0.1, 0.15) is 17.8 Å². The summed E-state index contributed by atoms with van der Waals surface area (Å²) in [5.74, 6) is 2.09. The van der Waals surface area contributed by atoms with Gasteiger partial charge in [0.05, 0.1) is 18.8 Å². The van der Waals surface area contributed by atoms with E-state index < -0.39 is 6.29 Å². The van der Waals surface area contributed by atoms with Crippen molar-refractivity contribution in [2.45, 2.75) is 36.7 Å². The molecule has 0 unspecified atom stereocenters. The van der Waals surface area contributed by atoms with Crippen molar-refractivity contribution in [1.29, 1.82) is 0 Å². The van der Waals surface area contributed by atoms with Gasteiger partial charge in [-0.2, -0.15) is 0 Å². The second kappa shape index (κ2) is 14.4. The Hall–Kier alpha value is -4.68. The third-order valence-electron chi connectivity index (χ3n) is 7.21. The molecule has 2 heterocycles. The van der Waals surface area contributed by atoms with Crippen LogP contribution in [0.3, 0.4) is 0 Å². The molecule has 0 spiro atoms. The number of para-hydroxylation sites is 1. The molecule has 1 saturated heterocycles. The summed E-state index contributed by atoms with van der Waals surface area (Å²) in [6.45, 7) is -0.0110. The Morgan fingerprint density at radius 2 is 1.53 bits per heavy atom. The minimum Gasteiger partial charge on any atom is -0.457 e. The number of anilines is 2. The van der Waals surface area contributed by atoms with E-state index in [9.17, 15) is 9.90 Å². The third-order valence-corrected chi connectivity index (χ3v) is 8.38. The summed E-state index contributed by atoms with van der Waals surface area (Å²) >= 11 is 1.59. The van der Waals surface area contributed by atoms with E-state index in [0.29, 0.717) is 29.3 Å². The Bertz CT molecular complexity index is 1680. The van der Waals surface area contributed by atoms with Gasteiger partial charge in [-0.05, 0) is 59.7 Å². The molecule has 3 N–H and O–H groups in total. The monoisotopic (exact) mass is 623 g/mol. The van der Waals surface area contributed by atoms with E-state index in [4.69, 9.17) is 14.2 Å². The number of urea groups is 1. The number of rotatable bonds is 10. The van der Waals surface area contributed by atoms with E-state index >= 15 is 0 Å². The van der Waals surface area contributed by atoms with Crippen LogP contribution in [0, 0.1) is 0 Å². The number of thioether (sulfide) groups is 1. The number of carbonyl (C=O) groups is 1. The third kappa shape index (κ3) is 8.08. The first-order valence-corrected chi connectivity index (χ1v) is 15.5. The Morgan fingerprint density at radius 1 is 0.889 bits per heavy atom. The lowest BCUT2D eigenvalue weighted by atomic mass is 10.0. The second-order valence-electron chi connectivity index (χ2n) is 10.5. The molecule has 1 fully saturated rings. The number of carbonyl (C=O) groups excluding carboxylic acids is 1. The number of nitrogens with zero attached hydrogens (tertiary/aromatic N) is 3. The zero-order valence-electron chi connectivity index (χ0n) is 24.6. The lowest BCUT2D eigenvalue weighted by Crippen LogP contribution is -2.31. The molecule has 2 amide bonds. The SMILES string of the molecule is Cn1cnnc1SC[C@H]1C[C@@H](c2ccc(CO)cc2)O[C@@H](c2ccc(NC(=O)Nc3ccc(Oc4ccccc4)cc3)cc2)O1. The van der Waals surface area contributed by atoms with Crippen molar-refractivity contribution in [3.05, 3.63) is 126 Å². The maximum atomic E-state index is 12.7. The molecule has 11 heteroatoms. The summed E-state index contributed by atoms with van der Waals surface area (Å²) in [6, 6.07) is 31.5. The van der Waals surface area contributed by atoms with Gasteiger partial charge in [0, 0.05) is 36.2 Å². The number of amides is 2. The average molecular weight is 624 g/mol. The number of nitrogens with one attached hydrogen (secondary N) is 2. The molecule has 230 valence electrons. The molecule has 10 nitrogen and oxygen atoms in total. The molecule has 0 bridgehead atoms. The summed E-state index contributed by atoms with van der Waals surface area (Å²) in [6.07, 6.45) is 1.43. The largest absolute Gasteiger partial charge is 0.457 e. The minimum atomic E-state index is -0.606. The fraction of sp³-hybridized carbons (Fsp3) is 0.206. The molecule has 1 aromatic heterocycles. The van der Waals surface area contributed by atoms with Gasteiger partial charge in [-0.25, -0.2) is 4.79 Å². The molecule has 0 aliphatic carbocycles. The number of aliphatic hydroxyl groups excluding tert-OH is 1. The van der Waals surface area contributed by atoms with Crippen LogP contribution >= 0.6 is 11.8 Å². The van der Waals surface area contributed by atoms with Crippen molar-refractivity contribution in [1.82, 2.24) is 14.8 Å². The van der Waals surface area contributed by atoms with Crippen LogP contribution in [-0.2, 0) is 23.1 Å². The summed E-state index contributed by atoms with van der Waals surface area (Å²) < 4.78 is 20.5. The van der Waals surface area contributed by atoms with Crippen molar-refractivity contribution in [2.24, 2.45) is 7.05 Å². The highest BCUT2D eigenvalue weighted by atomic mass is 32.2. The summed E-state index contributed by atoms with van der Waals surface area (Å²) in [5.41, 5.74) is 3.96. The topological polar surface area (TPSA) is 120 Å². The van der Waals surface area contributed by atoms with Crippen LogP contribution < -0.4 is 15.4 Å². The highest BCUT2D eigenvalue weighted by molar-refractivity contribution is 7.99. The van der Waals surface area contributed by atoms with E-state index in [1.54, 1.807) is 42.4 Å². The average Bonchev–Trinajstić information content (AvgIpc) is 3.49. The highest BCUT2D eigenvalue weighted by Crippen LogP contribution is 2.39. The Morgan fingerprint density at radius 3 is 2.18 bits per heavy atom. The number of hydrogen-bond donors (Lipinski definition) is 3. The molecule has 4 aromatic carbocycles. The molecule has 6 rings (SSSR count). The van der Waals surface area contributed by atoms with Crippen LogP contribution in [0.4, 0.5) is 16.2 Å². The number of aromatic nitrogens is 3. The summed E-state index contributed by atoms with van der Waals surface area (Å²) in [7, 11) is 1.91. The van der Waals surface area contributed by atoms with Crippen LogP contribution in [0.5, 0.6) is 11.5 Å². The molecular formula is C34H33N5O5S. The standard InChI is InChI=1S/C34H33N5O5S/c1-39-22-35-38-34(39)45-21-30-19-31(24-9-7-23(20-40)8-10-24)44-32(43-30)25-11-13-26(14-12-25)36-33(41)37-27-15-17-29(18-16-27)42-28-5-3-2-4-6-28/h2-18,22,30-32,40H,19-21H2,1H3,(H2,36,37,41)/t30-,31+,32+/m1/s1. The minimum absolute atomic E-state index is 0.0110. The first-order valence-electron chi connectivity index (χ1n) is 14.5. The molecule has 0 saturated carbocycles. The molecule has 1 aliphatic heterocycles. The second-order valence-corrected chi connectivity index (χ2v) is 11.5. The number of benzene rings is 4. The number of aliphatic hydroxyl groups is 1.